The minimum absolute atomic E-state index is 0.120. The minimum Gasteiger partial charge on any atom is -0.331 e. The van der Waals surface area contributed by atoms with Crippen LogP contribution in [0, 0.1) is 6.92 Å². The third kappa shape index (κ3) is 3.77. The maximum absolute atomic E-state index is 12.7. The minimum atomic E-state index is -0.393. The standard InChI is InChI=1S/C20H20N6OS/c1-13-11-17(27)26-18(14-6-8-16(28-2)9-7-14)24-19(25-20(26)23-13)22-12-15-5-3-4-10-21-15/h3-11,18H,12H2,1-2H3,(H2,22,23,24,25)/t18-/m0/s1. The van der Waals surface area contributed by atoms with E-state index in [1.165, 1.54) is 6.07 Å². The van der Waals surface area contributed by atoms with E-state index >= 15 is 0 Å². The van der Waals surface area contributed by atoms with Crippen LogP contribution in [0.5, 0.6) is 0 Å². The quantitative estimate of drug-likeness (QED) is 0.664. The summed E-state index contributed by atoms with van der Waals surface area (Å²) < 4.78 is 1.61. The van der Waals surface area contributed by atoms with E-state index < -0.39 is 6.17 Å². The van der Waals surface area contributed by atoms with Gasteiger partial charge in [0.1, 0.15) is 6.17 Å². The molecule has 4 rings (SSSR count). The van der Waals surface area contributed by atoms with Crippen LogP contribution < -0.4 is 16.2 Å². The van der Waals surface area contributed by atoms with Crippen molar-refractivity contribution in [2.24, 2.45) is 4.99 Å². The van der Waals surface area contributed by atoms with Crippen molar-refractivity contribution in [3.63, 3.8) is 0 Å². The number of nitrogens with zero attached hydrogens (tertiary/aromatic N) is 4. The molecule has 3 aromatic rings. The fourth-order valence-corrected chi connectivity index (χ4v) is 3.44. The first-order valence-corrected chi connectivity index (χ1v) is 10.1. The van der Waals surface area contributed by atoms with E-state index in [4.69, 9.17) is 0 Å². The van der Waals surface area contributed by atoms with Crippen LogP contribution in [0.4, 0.5) is 5.95 Å². The predicted octanol–water partition coefficient (Wildman–Crippen LogP) is 2.79. The van der Waals surface area contributed by atoms with Gasteiger partial charge >= 0.3 is 0 Å². The van der Waals surface area contributed by atoms with E-state index in [-0.39, 0.29) is 5.56 Å². The molecular formula is C20H20N6OS. The zero-order chi connectivity index (χ0) is 19.5. The fourth-order valence-electron chi connectivity index (χ4n) is 3.04. The summed E-state index contributed by atoms with van der Waals surface area (Å²) in [6.45, 7) is 2.23. The smallest absolute Gasteiger partial charge is 0.257 e. The van der Waals surface area contributed by atoms with Crippen molar-refractivity contribution >= 4 is 23.7 Å². The number of rotatable bonds is 4. The molecule has 28 heavy (non-hydrogen) atoms. The Balaban J connectivity index is 1.72. The first-order valence-electron chi connectivity index (χ1n) is 8.86. The Kier molecular flexibility index (Phi) is 5.12. The van der Waals surface area contributed by atoms with E-state index in [1.807, 2.05) is 48.7 Å². The number of hydrogen-bond donors (Lipinski definition) is 2. The summed E-state index contributed by atoms with van der Waals surface area (Å²) in [5.41, 5.74) is 2.36. The van der Waals surface area contributed by atoms with Gasteiger partial charge < -0.3 is 5.32 Å². The number of aliphatic imine (C=N–C) groups is 1. The number of anilines is 1. The van der Waals surface area contributed by atoms with Gasteiger partial charge in [-0.3, -0.25) is 19.7 Å². The summed E-state index contributed by atoms with van der Waals surface area (Å²) in [5, 5.41) is 6.45. The highest BCUT2D eigenvalue weighted by atomic mass is 32.2. The van der Waals surface area contributed by atoms with Gasteiger partial charge in [-0.1, -0.05) is 18.2 Å². The molecule has 7 nitrogen and oxygen atoms in total. The summed E-state index contributed by atoms with van der Waals surface area (Å²) in [7, 11) is 0. The lowest BCUT2D eigenvalue weighted by atomic mass is 10.1. The second-order valence-corrected chi connectivity index (χ2v) is 7.24. The summed E-state index contributed by atoms with van der Waals surface area (Å²) in [5.74, 6) is 1.03. The third-order valence-corrected chi connectivity index (χ3v) is 5.14. The number of guanidine groups is 1. The molecule has 0 unspecified atom stereocenters. The molecule has 1 atom stereocenters. The van der Waals surface area contributed by atoms with Crippen molar-refractivity contribution in [2.75, 3.05) is 11.6 Å². The lowest BCUT2D eigenvalue weighted by molar-refractivity contribution is 0.514. The van der Waals surface area contributed by atoms with Crippen LogP contribution in [0.1, 0.15) is 23.1 Å². The normalized spacial score (nSPS) is 16.9. The molecular weight excluding hydrogens is 372 g/mol. The number of thioether (sulfide) groups is 1. The molecule has 2 N–H and O–H groups in total. The SMILES string of the molecule is CSc1ccc([C@H]2NC(=NCc3ccccn3)Nc3nc(C)cc(=O)n32)cc1. The third-order valence-electron chi connectivity index (χ3n) is 4.40. The van der Waals surface area contributed by atoms with Gasteiger partial charge in [-0.15, -0.1) is 11.8 Å². The summed E-state index contributed by atoms with van der Waals surface area (Å²) in [6, 6.07) is 15.4. The van der Waals surface area contributed by atoms with E-state index in [2.05, 4.69) is 25.6 Å². The number of benzene rings is 1. The second kappa shape index (κ2) is 7.85. The van der Waals surface area contributed by atoms with Gasteiger partial charge in [0.2, 0.25) is 5.95 Å². The summed E-state index contributed by atoms with van der Waals surface area (Å²) >= 11 is 1.68. The van der Waals surface area contributed by atoms with Gasteiger partial charge in [0.25, 0.3) is 5.56 Å². The van der Waals surface area contributed by atoms with Gasteiger partial charge in [0.15, 0.2) is 5.96 Å². The molecule has 0 radical (unpaired) electrons. The fraction of sp³-hybridized carbons (Fsp3) is 0.200. The van der Waals surface area contributed by atoms with Crippen molar-refractivity contribution in [3.8, 4) is 0 Å². The van der Waals surface area contributed by atoms with Crippen LogP contribution in [0.25, 0.3) is 0 Å². The van der Waals surface area contributed by atoms with E-state index in [9.17, 15) is 4.79 Å². The topological polar surface area (TPSA) is 84.2 Å². The molecule has 1 aromatic carbocycles. The highest BCUT2D eigenvalue weighted by Crippen LogP contribution is 2.24. The second-order valence-electron chi connectivity index (χ2n) is 6.36. The number of fused-ring (bicyclic) bond motifs is 1. The van der Waals surface area contributed by atoms with Gasteiger partial charge in [-0.25, -0.2) is 9.98 Å². The Labute approximate surface area is 167 Å². The zero-order valence-electron chi connectivity index (χ0n) is 15.6. The number of nitrogens with one attached hydrogen (secondary N) is 2. The van der Waals surface area contributed by atoms with Gasteiger partial charge in [0.05, 0.1) is 12.2 Å². The van der Waals surface area contributed by atoms with Crippen molar-refractivity contribution in [1.82, 2.24) is 19.9 Å². The number of pyridine rings is 1. The van der Waals surface area contributed by atoms with Crippen LogP contribution in [-0.4, -0.2) is 26.8 Å². The molecule has 0 saturated carbocycles. The molecule has 8 heteroatoms. The average Bonchev–Trinajstić information content (AvgIpc) is 2.72. The van der Waals surface area contributed by atoms with E-state index in [0.29, 0.717) is 24.1 Å². The molecule has 0 aliphatic carbocycles. The average molecular weight is 392 g/mol. The molecule has 1 aliphatic rings. The molecule has 3 heterocycles. The van der Waals surface area contributed by atoms with E-state index in [1.54, 1.807) is 29.4 Å². The monoisotopic (exact) mass is 392 g/mol. The Hall–Kier alpha value is -3.13. The molecule has 0 fully saturated rings. The van der Waals surface area contributed by atoms with Gasteiger partial charge in [-0.2, -0.15) is 0 Å². The molecule has 0 bridgehead atoms. The highest BCUT2D eigenvalue weighted by Gasteiger charge is 2.26. The summed E-state index contributed by atoms with van der Waals surface area (Å²) in [6.07, 6.45) is 3.38. The molecule has 0 spiro atoms. The van der Waals surface area contributed by atoms with Crippen molar-refractivity contribution in [3.05, 3.63) is 82.0 Å². The Morgan fingerprint density at radius 3 is 2.75 bits per heavy atom. The van der Waals surface area contributed by atoms with Crippen LogP contribution in [-0.2, 0) is 6.54 Å². The molecule has 2 aromatic heterocycles. The first kappa shape index (κ1) is 18.2. The molecule has 0 saturated heterocycles. The zero-order valence-corrected chi connectivity index (χ0v) is 16.4. The number of aromatic nitrogens is 3. The van der Waals surface area contributed by atoms with Crippen LogP contribution >= 0.6 is 11.8 Å². The van der Waals surface area contributed by atoms with E-state index in [0.717, 1.165) is 16.2 Å². The number of hydrogen-bond acceptors (Lipinski definition) is 5. The molecule has 0 amide bonds. The first-order chi connectivity index (χ1) is 13.6. The Morgan fingerprint density at radius 1 is 1.21 bits per heavy atom. The lowest BCUT2D eigenvalue weighted by Crippen LogP contribution is -2.48. The van der Waals surface area contributed by atoms with Gasteiger partial charge in [-0.05, 0) is 43.0 Å². The number of aryl methyl sites for hydroxylation is 1. The van der Waals surface area contributed by atoms with Crippen molar-refractivity contribution in [1.29, 1.82) is 0 Å². The lowest BCUT2D eigenvalue weighted by Gasteiger charge is -2.31. The molecule has 1 aliphatic heterocycles. The van der Waals surface area contributed by atoms with Crippen LogP contribution in [0.2, 0.25) is 0 Å². The Bertz CT molecular complexity index is 1060. The maximum Gasteiger partial charge on any atom is 0.257 e. The van der Waals surface area contributed by atoms with Crippen LogP contribution in [0.15, 0.2) is 69.4 Å². The van der Waals surface area contributed by atoms with Crippen LogP contribution in [0.3, 0.4) is 0 Å². The highest BCUT2D eigenvalue weighted by molar-refractivity contribution is 7.98. The van der Waals surface area contributed by atoms with Crippen molar-refractivity contribution in [2.45, 2.75) is 24.5 Å². The summed E-state index contributed by atoms with van der Waals surface area (Å²) in [4.78, 5) is 27.2. The van der Waals surface area contributed by atoms with Crippen molar-refractivity contribution < 1.29 is 0 Å². The molecule has 142 valence electrons. The largest absolute Gasteiger partial charge is 0.331 e. The van der Waals surface area contributed by atoms with Gasteiger partial charge in [0, 0.05) is 22.9 Å². The predicted molar refractivity (Wildman–Crippen MR) is 112 cm³/mol. The maximum atomic E-state index is 12.7. The Morgan fingerprint density at radius 2 is 2.04 bits per heavy atom.